The van der Waals surface area contributed by atoms with Gasteiger partial charge in [-0.15, -0.1) is 0 Å². The zero-order chi connectivity index (χ0) is 14.9. The summed E-state index contributed by atoms with van der Waals surface area (Å²) in [4.78, 5) is 0. The molecule has 1 spiro atoms. The minimum atomic E-state index is 0.0157. The first-order valence-electron chi connectivity index (χ1n) is 7.21. The molecule has 0 aromatic heterocycles. The van der Waals surface area contributed by atoms with E-state index in [-0.39, 0.29) is 11.7 Å². The lowest BCUT2D eigenvalue weighted by Crippen LogP contribution is -2.46. The van der Waals surface area contributed by atoms with Gasteiger partial charge in [-0.3, -0.25) is 0 Å². The minimum Gasteiger partial charge on any atom is -0.487 e. The number of ether oxygens (including phenoxy) is 2. The van der Waals surface area contributed by atoms with Gasteiger partial charge in [0.2, 0.25) is 0 Å². The van der Waals surface area contributed by atoms with E-state index in [0.717, 1.165) is 36.8 Å². The molecule has 6 heteroatoms. The zero-order valence-electron chi connectivity index (χ0n) is 11.7. The molecule has 2 fully saturated rings. The largest absolute Gasteiger partial charge is 0.487 e. The third-order valence-corrected chi connectivity index (χ3v) is 5.97. The van der Waals surface area contributed by atoms with Crippen LogP contribution in [0.2, 0.25) is 5.02 Å². The van der Waals surface area contributed by atoms with Crippen molar-refractivity contribution in [3.8, 4) is 5.75 Å². The fourth-order valence-corrected chi connectivity index (χ4v) is 5.21. The van der Waals surface area contributed by atoms with Crippen molar-refractivity contribution in [2.45, 2.75) is 37.4 Å². The fraction of sp³-hybridized carbons (Fsp3) is 0.600. The lowest BCUT2D eigenvalue weighted by molar-refractivity contribution is -0.116. The maximum atomic E-state index is 6.18. The van der Waals surface area contributed by atoms with Gasteiger partial charge in [0.25, 0.3) is 0 Å². The van der Waals surface area contributed by atoms with Crippen LogP contribution in [-0.4, -0.2) is 29.8 Å². The second kappa shape index (κ2) is 6.57. The first-order chi connectivity index (χ1) is 10.1. The van der Waals surface area contributed by atoms with Crippen LogP contribution in [-0.2, 0) is 4.74 Å². The van der Waals surface area contributed by atoms with Crippen LogP contribution in [0.4, 0.5) is 5.69 Å². The number of rotatable bonds is 2. The SMILES string of the molecule is Nc1cc(Cl)cc(Br)c1OC1CCOC2(CCSCC2)C1. The average molecular weight is 393 g/mol. The van der Waals surface area contributed by atoms with Gasteiger partial charge in [-0.2, -0.15) is 11.8 Å². The highest BCUT2D eigenvalue weighted by molar-refractivity contribution is 9.10. The van der Waals surface area contributed by atoms with Crippen LogP contribution in [0.1, 0.15) is 25.7 Å². The highest BCUT2D eigenvalue weighted by atomic mass is 79.9. The Kier molecular flexibility index (Phi) is 4.94. The molecular formula is C15H19BrClNO2S. The van der Waals surface area contributed by atoms with Gasteiger partial charge in [-0.05, 0) is 52.4 Å². The van der Waals surface area contributed by atoms with Gasteiger partial charge >= 0.3 is 0 Å². The van der Waals surface area contributed by atoms with Crippen LogP contribution in [0.5, 0.6) is 5.75 Å². The number of nitrogen functional groups attached to an aromatic ring is 1. The Balaban J connectivity index is 1.73. The maximum Gasteiger partial charge on any atom is 0.156 e. The summed E-state index contributed by atoms with van der Waals surface area (Å²) in [5.41, 5.74) is 6.63. The van der Waals surface area contributed by atoms with Crippen LogP contribution >= 0.6 is 39.3 Å². The van der Waals surface area contributed by atoms with Gasteiger partial charge in [0.1, 0.15) is 6.10 Å². The third kappa shape index (κ3) is 3.63. The molecule has 0 aliphatic carbocycles. The Morgan fingerprint density at radius 1 is 1.38 bits per heavy atom. The Morgan fingerprint density at radius 2 is 2.14 bits per heavy atom. The van der Waals surface area contributed by atoms with Crippen molar-refractivity contribution < 1.29 is 9.47 Å². The quantitative estimate of drug-likeness (QED) is 0.752. The van der Waals surface area contributed by atoms with Crippen molar-refractivity contribution in [2.75, 3.05) is 23.8 Å². The van der Waals surface area contributed by atoms with Crippen LogP contribution in [0.3, 0.4) is 0 Å². The molecule has 1 aromatic carbocycles. The summed E-state index contributed by atoms with van der Waals surface area (Å²) < 4.78 is 13.1. The van der Waals surface area contributed by atoms with Gasteiger partial charge in [0.15, 0.2) is 5.75 Å². The topological polar surface area (TPSA) is 44.5 Å². The van der Waals surface area contributed by atoms with Crippen LogP contribution in [0.15, 0.2) is 16.6 Å². The van der Waals surface area contributed by atoms with E-state index >= 15 is 0 Å². The fourth-order valence-electron chi connectivity index (χ4n) is 3.05. The number of hydrogen-bond acceptors (Lipinski definition) is 4. The molecule has 0 radical (unpaired) electrons. The first kappa shape index (κ1) is 15.8. The van der Waals surface area contributed by atoms with E-state index in [1.165, 1.54) is 11.5 Å². The molecule has 1 aromatic rings. The van der Waals surface area contributed by atoms with Gasteiger partial charge in [-0.1, -0.05) is 11.6 Å². The molecule has 2 aliphatic rings. The predicted molar refractivity (Wildman–Crippen MR) is 92.5 cm³/mol. The molecule has 21 heavy (non-hydrogen) atoms. The molecule has 3 rings (SSSR count). The second-order valence-electron chi connectivity index (χ2n) is 5.68. The number of hydrogen-bond donors (Lipinski definition) is 1. The first-order valence-corrected chi connectivity index (χ1v) is 9.53. The standard InChI is InChI=1S/C15H19BrClNO2S/c16-12-7-10(17)8-13(18)14(12)20-11-1-4-19-15(9-11)2-5-21-6-3-15/h7-8,11H,1-6,9,18H2. The highest BCUT2D eigenvalue weighted by Gasteiger charge is 2.39. The zero-order valence-corrected chi connectivity index (χ0v) is 14.9. The number of benzene rings is 1. The normalized spacial score (nSPS) is 25.0. The Morgan fingerprint density at radius 3 is 2.86 bits per heavy atom. The molecule has 0 saturated carbocycles. The monoisotopic (exact) mass is 391 g/mol. The van der Waals surface area contributed by atoms with Gasteiger partial charge < -0.3 is 15.2 Å². The molecule has 0 amide bonds. The summed E-state index contributed by atoms with van der Waals surface area (Å²) in [6.07, 6.45) is 4.25. The summed E-state index contributed by atoms with van der Waals surface area (Å²) in [7, 11) is 0. The van der Waals surface area contributed by atoms with Crippen molar-refractivity contribution in [1.82, 2.24) is 0 Å². The van der Waals surface area contributed by atoms with Crippen molar-refractivity contribution in [3.63, 3.8) is 0 Å². The Hall–Kier alpha value is -0.100. The summed E-state index contributed by atoms with van der Waals surface area (Å²) in [5, 5.41) is 0.611. The molecule has 0 bridgehead atoms. The number of nitrogens with two attached hydrogens (primary N) is 1. The molecule has 3 nitrogen and oxygen atoms in total. The van der Waals surface area contributed by atoms with E-state index in [1.54, 1.807) is 6.07 Å². The lowest BCUT2D eigenvalue weighted by atomic mass is 9.86. The number of thioether (sulfide) groups is 1. The summed E-state index contributed by atoms with van der Waals surface area (Å²) in [6, 6.07) is 3.55. The second-order valence-corrected chi connectivity index (χ2v) is 8.20. The van der Waals surface area contributed by atoms with E-state index in [1.807, 2.05) is 17.8 Å². The van der Waals surface area contributed by atoms with Crippen molar-refractivity contribution in [3.05, 3.63) is 21.6 Å². The molecule has 1 unspecified atom stereocenters. The minimum absolute atomic E-state index is 0.0157. The molecule has 2 saturated heterocycles. The number of halogens is 2. The van der Waals surface area contributed by atoms with Crippen LogP contribution in [0, 0.1) is 0 Å². The Labute approximate surface area is 143 Å². The van der Waals surface area contributed by atoms with E-state index < -0.39 is 0 Å². The summed E-state index contributed by atoms with van der Waals surface area (Å²) in [5.74, 6) is 3.06. The molecule has 2 aliphatic heterocycles. The summed E-state index contributed by atoms with van der Waals surface area (Å²) in [6.45, 7) is 0.764. The maximum absolute atomic E-state index is 6.18. The van der Waals surface area contributed by atoms with Crippen LogP contribution in [0.25, 0.3) is 0 Å². The predicted octanol–water partition coefficient (Wildman–Crippen LogP) is 4.51. The molecule has 2 N–H and O–H groups in total. The molecule has 1 atom stereocenters. The van der Waals surface area contributed by atoms with Crippen molar-refractivity contribution in [2.24, 2.45) is 0 Å². The highest BCUT2D eigenvalue weighted by Crippen LogP contribution is 2.41. The molecule has 2 heterocycles. The summed E-state index contributed by atoms with van der Waals surface area (Å²) >= 11 is 11.5. The van der Waals surface area contributed by atoms with Gasteiger partial charge in [0, 0.05) is 17.9 Å². The number of anilines is 1. The van der Waals surface area contributed by atoms with E-state index in [4.69, 9.17) is 26.8 Å². The third-order valence-electron chi connectivity index (χ3n) is 4.17. The van der Waals surface area contributed by atoms with Gasteiger partial charge in [-0.25, -0.2) is 0 Å². The van der Waals surface area contributed by atoms with Gasteiger partial charge in [0.05, 0.1) is 22.4 Å². The van der Waals surface area contributed by atoms with E-state index in [2.05, 4.69) is 15.9 Å². The molecule has 116 valence electrons. The van der Waals surface area contributed by atoms with Crippen LogP contribution < -0.4 is 10.5 Å². The van der Waals surface area contributed by atoms with E-state index in [9.17, 15) is 0 Å². The smallest absolute Gasteiger partial charge is 0.156 e. The Bertz CT molecular complexity index is 494. The van der Waals surface area contributed by atoms with Crippen molar-refractivity contribution >= 4 is 45.0 Å². The lowest BCUT2D eigenvalue weighted by Gasteiger charge is -2.43. The average Bonchev–Trinajstić information content (AvgIpc) is 2.44. The van der Waals surface area contributed by atoms with Crippen molar-refractivity contribution in [1.29, 1.82) is 0 Å². The van der Waals surface area contributed by atoms with E-state index in [0.29, 0.717) is 16.5 Å². The molecular weight excluding hydrogens is 374 g/mol.